The Kier molecular flexibility index (Phi) is 6.88. The van der Waals surface area contributed by atoms with Crippen LogP contribution in [0.3, 0.4) is 0 Å². The van der Waals surface area contributed by atoms with Gasteiger partial charge in [-0.15, -0.1) is 0 Å². The molecule has 202 valence electrons. The number of hydrogen-bond acceptors (Lipinski definition) is 6. The normalized spacial score (nSPS) is 16.4. The van der Waals surface area contributed by atoms with Crippen LogP contribution in [0.1, 0.15) is 36.0 Å². The van der Waals surface area contributed by atoms with Gasteiger partial charge in [-0.25, -0.2) is 4.98 Å². The molecule has 2 aliphatic heterocycles. The summed E-state index contributed by atoms with van der Waals surface area (Å²) in [5, 5.41) is 17.9. The minimum absolute atomic E-state index is 0.0660. The van der Waals surface area contributed by atoms with E-state index in [4.69, 9.17) is 0 Å². The van der Waals surface area contributed by atoms with E-state index in [-0.39, 0.29) is 11.6 Å². The van der Waals surface area contributed by atoms with Crippen molar-refractivity contribution in [1.29, 1.82) is 0 Å². The number of aromatic nitrogens is 2. The molecule has 3 aromatic carbocycles. The van der Waals surface area contributed by atoms with E-state index in [0.717, 1.165) is 42.1 Å². The second-order valence-corrected chi connectivity index (χ2v) is 10.4. The summed E-state index contributed by atoms with van der Waals surface area (Å²) in [6.45, 7) is 3.12. The lowest BCUT2D eigenvalue weighted by molar-refractivity contribution is -0.384. The number of nitro groups is 1. The van der Waals surface area contributed by atoms with E-state index in [1.54, 1.807) is 12.4 Å². The van der Waals surface area contributed by atoms with E-state index in [2.05, 4.69) is 32.7 Å². The minimum Gasteiger partial charge on any atom is -0.354 e. The van der Waals surface area contributed by atoms with Gasteiger partial charge >= 0.3 is 0 Å². The molecule has 4 aromatic rings. The fourth-order valence-corrected chi connectivity index (χ4v) is 5.38. The highest BCUT2D eigenvalue weighted by atomic mass is 16.6. The first-order chi connectivity index (χ1) is 19.4. The van der Waals surface area contributed by atoms with Gasteiger partial charge < -0.3 is 15.2 Å². The van der Waals surface area contributed by atoms with Gasteiger partial charge in [-0.3, -0.25) is 19.8 Å². The van der Waals surface area contributed by atoms with E-state index < -0.39 is 4.92 Å². The molecule has 0 unspecified atom stereocenters. The molecule has 9 nitrogen and oxygen atoms in total. The van der Waals surface area contributed by atoms with Gasteiger partial charge in [0.25, 0.3) is 11.6 Å². The van der Waals surface area contributed by atoms with E-state index in [9.17, 15) is 14.9 Å². The first-order valence-electron chi connectivity index (χ1n) is 13.5. The average molecular weight is 535 g/mol. The van der Waals surface area contributed by atoms with E-state index in [0.29, 0.717) is 22.5 Å². The number of hydrogen-bond donors (Lipinski definition) is 2. The van der Waals surface area contributed by atoms with Crippen LogP contribution < -0.4 is 10.6 Å². The summed E-state index contributed by atoms with van der Waals surface area (Å²) in [7, 11) is 1.93. The van der Waals surface area contributed by atoms with Gasteiger partial charge in [0.1, 0.15) is 0 Å². The van der Waals surface area contributed by atoms with Gasteiger partial charge in [-0.05, 0) is 55.3 Å². The molecule has 1 saturated heterocycles. The van der Waals surface area contributed by atoms with E-state index in [1.807, 2.05) is 54.2 Å². The highest BCUT2D eigenvalue weighted by Crippen LogP contribution is 2.39. The van der Waals surface area contributed by atoms with Crippen LogP contribution in [-0.4, -0.2) is 38.4 Å². The van der Waals surface area contributed by atoms with Crippen molar-refractivity contribution in [2.24, 2.45) is 7.05 Å². The Morgan fingerprint density at radius 1 is 1.02 bits per heavy atom. The largest absolute Gasteiger partial charge is 0.354 e. The van der Waals surface area contributed by atoms with Crippen molar-refractivity contribution in [3.63, 3.8) is 0 Å². The summed E-state index contributed by atoms with van der Waals surface area (Å²) in [5.74, 6) is -0.305. The number of rotatable bonds is 7. The van der Waals surface area contributed by atoms with Crippen LogP contribution in [-0.2, 0) is 18.4 Å². The number of likely N-dealkylation sites (tertiary alicyclic amines) is 1. The topological polar surface area (TPSA) is 105 Å². The number of imidazole rings is 1. The number of benzene rings is 3. The van der Waals surface area contributed by atoms with Crippen molar-refractivity contribution in [1.82, 2.24) is 14.5 Å². The molecule has 0 atom stereocenters. The van der Waals surface area contributed by atoms with Gasteiger partial charge in [0.2, 0.25) is 0 Å². The maximum absolute atomic E-state index is 13.3. The van der Waals surface area contributed by atoms with Crippen molar-refractivity contribution in [3.8, 4) is 11.3 Å². The smallest absolute Gasteiger partial charge is 0.270 e. The second kappa shape index (κ2) is 10.8. The van der Waals surface area contributed by atoms with Crippen LogP contribution in [0.15, 0.2) is 79.3 Å². The third-order valence-electron chi connectivity index (χ3n) is 7.46. The molecule has 1 amide bonds. The summed E-state index contributed by atoms with van der Waals surface area (Å²) in [4.78, 5) is 31.3. The number of nitro benzene ring substituents is 1. The highest BCUT2D eigenvalue weighted by Gasteiger charge is 2.30. The molecule has 1 fully saturated rings. The van der Waals surface area contributed by atoms with Gasteiger partial charge in [0.15, 0.2) is 0 Å². The summed E-state index contributed by atoms with van der Waals surface area (Å²) in [6, 6.07) is 20.5. The fourth-order valence-electron chi connectivity index (χ4n) is 5.38. The predicted octanol–water partition coefficient (Wildman–Crippen LogP) is 5.91. The lowest BCUT2D eigenvalue weighted by atomic mass is 9.98. The molecule has 3 heterocycles. The zero-order valence-electron chi connectivity index (χ0n) is 22.3. The molecular weight excluding hydrogens is 504 g/mol. The van der Waals surface area contributed by atoms with Crippen LogP contribution in [0.5, 0.6) is 0 Å². The predicted molar refractivity (Wildman–Crippen MR) is 156 cm³/mol. The third-order valence-corrected chi connectivity index (χ3v) is 7.46. The Balaban J connectivity index is 1.38. The number of piperidine rings is 1. The van der Waals surface area contributed by atoms with E-state index in [1.165, 1.54) is 37.0 Å². The van der Waals surface area contributed by atoms with Crippen LogP contribution in [0.25, 0.3) is 22.5 Å². The minimum atomic E-state index is -0.445. The molecule has 0 saturated carbocycles. The number of nitrogens with one attached hydrogen (secondary N) is 2. The quantitative estimate of drug-likeness (QED) is 0.173. The number of amides is 1. The number of anilines is 2. The Labute approximate surface area is 232 Å². The van der Waals surface area contributed by atoms with Crippen molar-refractivity contribution in [3.05, 3.63) is 106 Å². The molecule has 0 spiro atoms. The first kappa shape index (κ1) is 25.5. The Bertz CT molecular complexity index is 1600. The fraction of sp³-hybridized carbons (Fsp3) is 0.226. The van der Waals surface area contributed by atoms with Gasteiger partial charge in [0, 0.05) is 54.4 Å². The zero-order valence-corrected chi connectivity index (χ0v) is 22.3. The molecule has 0 radical (unpaired) electrons. The number of non-ortho nitro benzene ring substituents is 1. The van der Waals surface area contributed by atoms with Crippen molar-refractivity contribution in [2.75, 3.05) is 23.7 Å². The van der Waals surface area contributed by atoms with Crippen molar-refractivity contribution >= 4 is 34.2 Å². The number of nitrogens with zero attached hydrogens (tertiary/aromatic N) is 4. The standard InChI is InChI=1S/C31H30N6O3/c1-35-19-28(32-20-35)22-9-11-24(12-10-22)33-30(23-7-5-21(6-8-23)18-36-15-3-2-4-16-36)29-26-17-25(37(39)40)13-14-27(26)34-31(29)38/h5-14,17,19-20,33H,2-4,15-16,18H2,1H3,(H,34,38). The summed E-state index contributed by atoms with van der Waals surface area (Å²) < 4.78 is 1.90. The van der Waals surface area contributed by atoms with Crippen LogP contribution in [0.4, 0.5) is 17.1 Å². The number of carbonyl (C=O) groups is 1. The lowest BCUT2D eigenvalue weighted by Crippen LogP contribution is -2.29. The SMILES string of the molecule is Cn1cnc(-c2ccc(NC(=C3C(=O)Nc4ccc([N+](=O)[O-])cc43)c3ccc(CN4CCCCC4)cc3)cc2)c1. The molecular formula is C31H30N6O3. The number of fused-ring (bicyclic) bond motifs is 1. The monoisotopic (exact) mass is 534 g/mol. The molecule has 0 aliphatic carbocycles. The van der Waals surface area contributed by atoms with Gasteiger partial charge in [-0.2, -0.15) is 0 Å². The lowest BCUT2D eigenvalue weighted by Gasteiger charge is -2.26. The van der Waals surface area contributed by atoms with Crippen LogP contribution in [0.2, 0.25) is 0 Å². The molecule has 0 bridgehead atoms. The number of carbonyl (C=O) groups excluding carboxylic acids is 1. The van der Waals surface area contributed by atoms with Gasteiger partial charge in [-0.1, -0.05) is 42.8 Å². The second-order valence-electron chi connectivity index (χ2n) is 10.4. The van der Waals surface area contributed by atoms with Crippen molar-refractivity contribution < 1.29 is 9.72 Å². The summed E-state index contributed by atoms with van der Waals surface area (Å²) in [6.07, 6.45) is 7.47. The Morgan fingerprint density at radius 3 is 2.45 bits per heavy atom. The number of aryl methyl sites for hydroxylation is 1. The maximum atomic E-state index is 13.3. The Morgan fingerprint density at radius 2 is 1.77 bits per heavy atom. The molecule has 9 heteroatoms. The molecule has 2 N–H and O–H groups in total. The summed E-state index contributed by atoms with van der Waals surface area (Å²) in [5.41, 5.74) is 6.61. The maximum Gasteiger partial charge on any atom is 0.270 e. The third kappa shape index (κ3) is 5.23. The van der Waals surface area contributed by atoms with Gasteiger partial charge in [0.05, 0.1) is 28.2 Å². The molecule has 2 aliphatic rings. The highest BCUT2D eigenvalue weighted by molar-refractivity contribution is 6.37. The first-order valence-corrected chi connectivity index (χ1v) is 13.5. The molecule has 1 aromatic heterocycles. The molecule has 6 rings (SSSR count). The Hall–Kier alpha value is -4.76. The van der Waals surface area contributed by atoms with E-state index >= 15 is 0 Å². The average Bonchev–Trinajstić information content (AvgIpc) is 3.55. The molecule has 40 heavy (non-hydrogen) atoms. The zero-order chi connectivity index (χ0) is 27.6. The van der Waals surface area contributed by atoms with Crippen LogP contribution >= 0.6 is 0 Å². The van der Waals surface area contributed by atoms with Crippen LogP contribution in [0, 0.1) is 10.1 Å². The summed E-state index contributed by atoms with van der Waals surface area (Å²) >= 11 is 0. The van der Waals surface area contributed by atoms with Crippen molar-refractivity contribution in [2.45, 2.75) is 25.8 Å².